The third-order valence-electron chi connectivity index (χ3n) is 4.56. The number of nitrogens with zero attached hydrogens (tertiary/aromatic N) is 3. The number of rotatable bonds is 5. The van der Waals surface area contributed by atoms with Crippen LogP contribution in [0.3, 0.4) is 0 Å². The van der Waals surface area contributed by atoms with Gasteiger partial charge in [-0.3, -0.25) is 4.57 Å². The lowest BCUT2D eigenvalue weighted by Crippen LogP contribution is -2.40. The molecule has 0 amide bonds. The van der Waals surface area contributed by atoms with Gasteiger partial charge in [0.05, 0.1) is 23.1 Å². The van der Waals surface area contributed by atoms with Gasteiger partial charge in [0.25, 0.3) is 0 Å². The average Bonchev–Trinajstić information content (AvgIpc) is 2.89. The van der Waals surface area contributed by atoms with Gasteiger partial charge in [-0.25, -0.2) is 23.0 Å². The lowest BCUT2D eigenvalue weighted by Gasteiger charge is -2.32. The van der Waals surface area contributed by atoms with Crippen LogP contribution < -0.4 is 10.8 Å². The maximum Gasteiger partial charge on any atom is 0.346 e. The lowest BCUT2D eigenvalue weighted by atomic mass is 10.0. The van der Waals surface area contributed by atoms with Gasteiger partial charge in [0, 0.05) is 6.42 Å². The number of fused-ring (bicyclic) bond motifs is 1. The number of hydrogen-bond donors (Lipinski definition) is 2. The quantitative estimate of drug-likeness (QED) is 0.700. The Kier molecular flexibility index (Phi) is 5.50. The van der Waals surface area contributed by atoms with Crippen LogP contribution in [0.15, 0.2) is 34.0 Å². The first-order chi connectivity index (χ1) is 13.0. The molecule has 1 aromatic heterocycles. The first-order valence-electron chi connectivity index (χ1n) is 9.11. The molecule has 9 nitrogen and oxygen atoms in total. The van der Waals surface area contributed by atoms with Crippen LogP contribution in [-0.2, 0) is 27.7 Å². The standard InChI is InChI=1S/C18H26N4O5S/c1-18(2,3)27-16(23)14-5-4-6-15-20-21(17(24)22(14)15)11-12-7-9-13(10-8-12)28(19,25)26/h7-10,14,16,23H,4-6,11H2,1-3H3,(H2,19,25,26). The van der Waals surface area contributed by atoms with Gasteiger partial charge < -0.3 is 9.84 Å². The average molecular weight is 410 g/mol. The zero-order valence-corrected chi connectivity index (χ0v) is 17.0. The second kappa shape index (κ2) is 7.43. The normalized spacial score (nSPS) is 18.7. The minimum Gasteiger partial charge on any atom is -0.366 e. The Balaban J connectivity index is 1.87. The summed E-state index contributed by atoms with van der Waals surface area (Å²) >= 11 is 0. The number of aliphatic hydroxyl groups excluding tert-OH is 1. The molecule has 3 N–H and O–H groups in total. The predicted octanol–water partition coefficient (Wildman–Crippen LogP) is 0.751. The van der Waals surface area contributed by atoms with E-state index in [4.69, 9.17) is 9.88 Å². The molecule has 0 aliphatic carbocycles. The molecule has 0 saturated heterocycles. The van der Waals surface area contributed by atoms with Gasteiger partial charge in [0.15, 0.2) is 6.29 Å². The van der Waals surface area contributed by atoms with Crippen LogP contribution >= 0.6 is 0 Å². The molecule has 0 radical (unpaired) electrons. The van der Waals surface area contributed by atoms with E-state index in [9.17, 15) is 18.3 Å². The molecule has 0 bridgehead atoms. The van der Waals surface area contributed by atoms with Crippen molar-refractivity contribution in [2.24, 2.45) is 5.14 Å². The molecule has 154 valence electrons. The van der Waals surface area contributed by atoms with Gasteiger partial charge >= 0.3 is 5.69 Å². The first-order valence-corrected chi connectivity index (χ1v) is 10.7. The molecular formula is C18H26N4O5S. The van der Waals surface area contributed by atoms with E-state index in [2.05, 4.69) is 5.10 Å². The van der Waals surface area contributed by atoms with E-state index in [1.165, 1.54) is 21.4 Å². The molecule has 0 spiro atoms. The number of sulfonamides is 1. The highest BCUT2D eigenvalue weighted by molar-refractivity contribution is 7.89. The van der Waals surface area contributed by atoms with E-state index < -0.39 is 28.0 Å². The summed E-state index contributed by atoms with van der Waals surface area (Å²) in [6.45, 7) is 5.72. The monoisotopic (exact) mass is 410 g/mol. The van der Waals surface area contributed by atoms with Crippen molar-refractivity contribution < 1.29 is 18.3 Å². The number of aliphatic hydroxyl groups is 1. The second-order valence-electron chi connectivity index (χ2n) is 8.00. The number of aromatic nitrogens is 3. The molecule has 0 fully saturated rings. The maximum atomic E-state index is 12.9. The van der Waals surface area contributed by atoms with Crippen LogP contribution in [0.5, 0.6) is 0 Å². The molecular weight excluding hydrogens is 384 g/mol. The van der Waals surface area contributed by atoms with E-state index in [0.717, 1.165) is 6.42 Å². The zero-order valence-electron chi connectivity index (χ0n) is 16.2. The van der Waals surface area contributed by atoms with Crippen LogP contribution in [0.25, 0.3) is 0 Å². The van der Waals surface area contributed by atoms with Crippen molar-refractivity contribution in [1.29, 1.82) is 0 Å². The number of nitrogens with two attached hydrogens (primary N) is 1. The summed E-state index contributed by atoms with van der Waals surface area (Å²) in [7, 11) is -3.76. The van der Waals surface area contributed by atoms with Gasteiger partial charge in [-0.05, 0) is 51.3 Å². The molecule has 3 rings (SSSR count). The summed E-state index contributed by atoms with van der Waals surface area (Å²) in [4.78, 5) is 12.9. The van der Waals surface area contributed by atoms with E-state index >= 15 is 0 Å². The second-order valence-corrected chi connectivity index (χ2v) is 9.56. The van der Waals surface area contributed by atoms with Crippen LogP contribution in [0.4, 0.5) is 0 Å². The van der Waals surface area contributed by atoms with E-state index in [1.807, 2.05) is 20.8 Å². The van der Waals surface area contributed by atoms with Gasteiger partial charge in [-0.1, -0.05) is 12.1 Å². The Morgan fingerprint density at radius 3 is 2.54 bits per heavy atom. The fraction of sp³-hybridized carbons (Fsp3) is 0.556. The third kappa shape index (κ3) is 4.52. The Hall–Kier alpha value is -2.01. The van der Waals surface area contributed by atoms with Crippen molar-refractivity contribution in [3.8, 4) is 0 Å². The summed E-state index contributed by atoms with van der Waals surface area (Å²) in [5, 5.41) is 20.0. The Labute approximate surface area is 163 Å². The summed E-state index contributed by atoms with van der Waals surface area (Å²) < 4.78 is 31.2. The van der Waals surface area contributed by atoms with Crippen molar-refractivity contribution in [2.75, 3.05) is 0 Å². The molecule has 0 saturated carbocycles. The van der Waals surface area contributed by atoms with Crippen molar-refractivity contribution in [2.45, 2.75) is 69.4 Å². The topological polar surface area (TPSA) is 129 Å². The van der Waals surface area contributed by atoms with Gasteiger partial charge in [0.1, 0.15) is 5.82 Å². The molecule has 2 aromatic rings. The smallest absolute Gasteiger partial charge is 0.346 e. The number of aryl methyl sites for hydroxylation is 1. The molecule has 1 aliphatic heterocycles. The highest BCUT2D eigenvalue weighted by atomic mass is 32.2. The summed E-state index contributed by atoms with van der Waals surface area (Å²) in [6, 6.07) is 5.50. The van der Waals surface area contributed by atoms with Crippen LogP contribution in [0.1, 0.15) is 51.0 Å². The van der Waals surface area contributed by atoms with Crippen LogP contribution in [0.2, 0.25) is 0 Å². The van der Waals surface area contributed by atoms with Crippen molar-refractivity contribution in [3.63, 3.8) is 0 Å². The van der Waals surface area contributed by atoms with Crippen molar-refractivity contribution in [3.05, 3.63) is 46.1 Å². The number of ether oxygens (including phenoxy) is 1. The number of hydrogen-bond acceptors (Lipinski definition) is 6. The SMILES string of the molecule is CC(C)(C)OC(O)C1CCCc2nn(Cc3ccc(S(N)(=O)=O)cc3)c(=O)n21. The van der Waals surface area contributed by atoms with Gasteiger partial charge in [-0.2, -0.15) is 5.10 Å². The van der Waals surface area contributed by atoms with Crippen LogP contribution in [-0.4, -0.2) is 39.8 Å². The summed E-state index contributed by atoms with van der Waals surface area (Å²) in [5.41, 5.74) is -0.151. The van der Waals surface area contributed by atoms with Gasteiger partial charge in [0.2, 0.25) is 10.0 Å². The first kappa shape index (κ1) is 20.7. The number of benzene rings is 1. The predicted molar refractivity (Wildman–Crippen MR) is 102 cm³/mol. The molecule has 2 atom stereocenters. The fourth-order valence-electron chi connectivity index (χ4n) is 3.34. The van der Waals surface area contributed by atoms with Gasteiger partial charge in [-0.15, -0.1) is 0 Å². The highest BCUT2D eigenvalue weighted by Crippen LogP contribution is 2.28. The highest BCUT2D eigenvalue weighted by Gasteiger charge is 2.33. The van der Waals surface area contributed by atoms with Crippen LogP contribution in [0, 0.1) is 0 Å². The summed E-state index contributed by atoms with van der Waals surface area (Å²) in [5.74, 6) is 0.610. The summed E-state index contributed by atoms with van der Waals surface area (Å²) in [6.07, 6.45) is 0.961. The molecule has 10 heteroatoms. The molecule has 1 aliphatic rings. The molecule has 2 heterocycles. The molecule has 1 aromatic carbocycles. The third-order valence-corrected chi connectivity index (χ3v) is 5.49. The Bertz CT molecular complexity index is 1000. The minimum absolute atomic E-state index is 0.00949. The zero-order chi connectivity index (χ0) is 20.7. The van der Waals surface area contributed by atoms with E-state index in [-0.39, 0.29) is 17.1 Å². The maximum absolute atomic E-state index is 12.9. The largest absolute Gasteiger partial charge is 0.366 e. The molecule has 28 heavy (non-hydrogen) atoms. The Morgan fingerprint density at radius 2 is 1.96 bits per heavy atom. The van der Waals surface area contributed by atoms with E-state index in [0.29, 0.717) is 24.2 Å². The fourth-order valence-corrected chi connectivity index (χ4v) is 3.85. The minimum atomic E-state index is -3.76. The van der Waals surface area contributed by atoms with Crippen molar-refractivity contribution in [1.82, 2.24) is 14.3 Å². The lowest BCUT2D eigenvalue weighted by molar-refractivity contribution is -0.190. The van der Waals surface area contributed by atoms with E-state index in [1.54, 1.807) is 12.1 Å². The molecule has 2 unspecified atom stereocenters. The Morgan fingerprint density at radius 1 is 1.32 bits per heavy atom. The van der Waals surface area contributed by atoms with Crippen molar-refractivity contribution >= 4 is 10.0 Å². The number of primary sulfonamides is 1.